The minimum absolute atomic E-state index is 0.129. The number of benzene rings is 1. The molecule has 6 heteroatoms. The highest BCUT2D eigenvalue weighted by molar-refractivity contribution is 7.10. The molecule has 2 aromatic rings. The lowest BCUT2D eigenvalue weighted by atomic mass is 10.2. The quantitative estimate of drug-likeness (QED) is 0.793. The number of nitrogens with one attached hydrogen (secondary N) is 2. The van der Waals surface area contributed by atoms with Gasteiger partial charge in [-0.2, -0.15) is 0 Å². The Labute approximate surface area is 120 Å². The molecule has 0 radical (unpaired) electrons. The van der Waals surface area contributed by atoms with Crippen molar-refractivity contribution in [1.82, 2.24) is 5.32 Å². The Balaban J connectivity index is 1.74. The Morgan fingerprint density at radius 1 is 1.30 bits per heavy atom. The van der Waals surface area contributed by atoms with E-state index in [0.717, 1.165) is 4.88 Å². The number of aliphatic hydroxyl groups is 1. The number of thiophene rings is 1. The van der Waals surface area contributed by atoms with Crippen LogP contribution < -0.4 is 10.6 Å². The average Bonchev–Trinajstić information content (AvgIpc) is 2.95. The topological polar surface area (TPSA) is 61.4 Å². The largest absolute Gasteiger partial charge is 0.388 e. The number of halogens is 1. The van der Waals surface area contributed by atoms with E-state index in [1.807, 2.05) is 17.5 Å². The van der Waals surface area contributed by atoms with Crippen LogP contribution >= 0.6 is 11.3 Å². The van der Waals surface area contributed by atoms with Gasteiger partial charge in [-0.05, 0) is 30.0 Å². The Kier molecular flexibility index (Phi) is 5.09. The van der Waals surface area contributed by atoms with E-state index in [1.54, 1.807) is 12.1 Å². The first kappa shape index (κ1) is 14.5. The highest BCUT2D eigenvalue weighted by Gasteiger charge is 2.09. The van der Waals surface area contributed by atoms with E-state index in [1.165, 1.54) is 23.5 Å². The lowest BCUT2D eigenvalue weighted by molar-refractivity contribution is 0.171. The molecule has 0 aliphatic rings. The molecular weight excluding hydrogens is 279 g/mol. The number of anilines is 1. The number of hydrogen-bond donors (Lipinski definition) is 3. The Morgan fingerprint density at radius 2 is 2.10 bits per heavy atom. The van der Waals surface area contributed by atoms with Crippen molar-refractivity contribution in [2.24, 2.45) is 0 Å². The second-order valence-electron chi connectivity index (χ2n) is 4.18. The zero-order valence-electron chi connectivity index (χ0n) is 10.7. The molecule has 0 saturated carbocycles. The summed E-state index contributed by atoms with van der Waals surface area (Å²) in [6.07, 6.45) is -0.186. The van der Waals surface area contributed by atoms with Gasteiger partial charge in [0, 0.05) is 11.4 Å². The summed E-state index contributed by atoms with van der Waals surface area (Å²) >= 11 is 1.47. The molecule has 1 aromatic heterocycles. The van der Waals surface area contributed by atoms with E-state index in [4.69, 9.17) is 0 Å². The fourth-order valence-corrected chi connectivity index (χ4v) is 2.42. The molecule has 0 aliphatic heterocycles. The average molecular weight is 294 g/mol. The Bertz CT molecular complexity index is 560. The number of urea groups is 1. The van der Waals surface area contributed by atoms with E-state index >= 15 is 0 Å². The molecule has 2 amide bonds. The van der Waals surface area contributed by atoms with Crippen molar-refractivity contribution >= 4 is 23.1 Å². The smallest absolute Gasteiger partial charge is 0.319 e. The van der Waals surface area contributed by atoms with Gasteiger partial charge in [-0.1, -0.05) is 18.2 Å². The van der Waals surface area contributed by atoms with Gasteiger partial charge in [0.1, 0.15) is 5.82 Å². The maximum Gasteiger partial charge on any atom is 0.319 e. The molecule has 4 nitrogen and oxygen atoms in total. The molecule has 1 aromatic carbocycles. The molecule has 2 rings (SSSR count). The minimum Gasteiger partial charge on any atom is -0.388 e. The van der Waals surface area contributed by atoms with Crippen molar-refractivity contribution in [2.45, 2.75) is 12.5 Å². The number of aliphatic hydroxyl groups excluding tert-OH is 1. The Hall–Kier alpha value is -1.92. The van der Waals surface area contributed by atoms with Gasteiger partial charge >= 0.3 is 6.03 Å². The first-order valence-corrected chi connectivity index (χ1v) is 7.05. The van der Waals surface area contributed by atoms with E-state index in [-0.39, 0.29) is 5.69 Å². The van der Waals surface area contributed by atoms with Gasteiger partial charge in [-0.3, -0.25) is 0 Å². The van der Waals surface area contributed by atoms with Gasteiger partial charge in [0.2, 0.25) is 0 Å². The number of carbonyl (C=O) groups is 1. The monoisotopic (exact) mass is 294 g/mol. The van der Waals surface area contributed by atoms with Crippen LogP contribution in [0.2, 0.25) is 0 Å². The van der Waals surface area contributed by atoms with Crippen molar-refractivity contribution < 1.29 is 14.3 Å². The molecule has 0 aliphatic carbocycles. The summed E-state index contributed by atoms with van der Waals surface area (Å²) in [6.45, 7) is 0.305. The van der Waals surface area contributed by atoms with E-state index in [0.29, 0.717) is 13.0 Å². The van der Waals surface area contributed by atoms with Gasteiger partial charge in [-0.25, -0.2) is 9.18 Å². The van der Waals surface area contributed by atoms with Crippen LogP contribution in [0, 0.1) is 5.82 Å². The third-order valence-corrected chi connectivity index (χ3v) is 3.67. The number of rotatable bonds is 5. The third-order valence-electron chi connectivity index (χ3n) is 2.70. The van der Waals surface area contributed by atoms with Crippen LogP contribution in [0.1, 0.15) is 17.4 Å². The van der Waals surface area contributed by atoms with Crippen LogP contribution in [0.5, 0.6) is 0 Å². The van der Waals surface area contributed by atoms with Gasteiger partial charge in [-0.15, -0.1) is 11.3 Å². The Morgan fingerprint density at radius 3 is 2.80 bits per heavy atom. The van der Waals surface area contributed by atoms with Crippen molar-refractivity contribution in [2.75, 3.05) is 11.9 Å². The number of para-hydroxylation sites is 1. The number of carbonyl (C=O) groups excluding carboxylic acids is 1. The lowest BCUT2D eigenvalue weighted by Crippen LogP contribution is -2.30. The highest BCUT2D eigenvalue weighted by atomic mass is 32.1. The van der Waals surface area contributed by atoms with E-state index in [2.05, 4.69) is 10.6 Å². The summed E-state index contributed by atoms with van der Waals surface area (Å²) in [5, 5.41) is 16.7. The minimum atomic E-state index is -0.594. The summed E-state index contributed by atoms with van der Waals surface area (Å²) < 4.78 is 13.3. The van der Waals surface area contributed by atoms with Gasteiger partial charge in [0.25, 0.3) is 0 Å². The molecular formula is C14H15FN2O2S. The second-order valence-corrected chi connectivity index (χ2v) is 5.16. The first-order chi connectivity index (χ1) is 9.66. The molecule has 0 bridgehead atoms. The molecule has 3 N–H and O–H groups in total. The first-order valence-electron chi connectivity index (χ1n) is 6.17. The van der Waals surface area contributed by atoms with Crippen LogP contribution in [-0.2, 0) is 0 Å². The van der Waals surface area contributed by atoms with Crippen LogP contribution in [0.25, 0.3) is 0 Å². The van der Waals surface area contributed by atoms with Crippen LogP contribution in [0.15, 0.2) is 41.8 Å². The van der Waals surface area contributed by atoms with Crippen molar-refractivity contribution in [3.63, 3.8) is 0 Å². The predicted octanol–water partition coefficient (Wildman–Crippen LogP) is 3.13. The maximum atomic E-state index is 13.3. The lowest BCUT2D eigenvalue weighted by Gasteiger charge is -2.11. The summed E-state index contributed by atoms with van der Waals surface area (Å²) in [6, 6.07) is 9.16. The summed E-state index contributed by atoms with van der Waals surface area (Å²) in [5.41, 5.74) is 0.129. The third kappa shape index (κ3) is 4.04. The predicted molar refractivity (Wildman–Crippen MR) is 77.3 cm³/mol. The maximum absolute atomic E-state index is 13.3. The molecule has 1 atom stereocenters. The summed E-state index contributed by atoms with van der Waals surface area (Å²) in [5.74, 6) is -0.485. The van der Waals surface area contributed by atoms with Gasteiger partial charge in [0.15, 0.2) is 0 Å². The normalized spacial score (nSPS) is 11.9. The number of amides is 2. The van der Waals surface area contributed by atoms with Crippen molar-refractivity contribution in [1.29, 1.82) is 0 Å². The molecule has 1 heterocycles. The fourth-order valence-electron chi connectivity index (χ4n) is 1.67. The fraction of sp³-hybridized carbons (Fsp3) is 0.214. The van der Waals surface area contributed by atoms with E-state index < -0.39 is 18.0 Å². The SMILES string of the molecule is O=C(NCC[C@H](O)c1cccs1)Nc1ccccc1F. The van der Waals surface area contributed by atoms with Crippen molar-refractivity contribution in [3.05, 3.63) is 52.5 Å². The molecule has 0 saturated heterocycles. The molecule has 106 valence electrons. The van der Waals surface area contributed by atoms with Crippen LogP contribution in [0.4, 0.5) is 14.9 Å². The molecule has 0 spiro atoms. The standard InChI is InChI=1S/C14H15FN2O2S/c15-10-4-1-2-5-11(10)17-14(19)16-8-7-12(18)13-6-3-9-20-13/h1-6,9,12,18H,7-8H2,(H2,16,17,19)/t12-/m0/s1. The van der Waals surface area contributed by atoms with E-state index in [9.17, 15) is 14.3 Å². The van der Waals surface area contributed by atoms with Crippen LogP contribution in [-0.4, -0.2) is 17.7 Å². The molecule has 20 heavy (non-hydrogen) atoms. The van der Waals surface area contributed by atoms with Crippen molar-refractivity contribution in [3.8, 4) is 0 Å². The van der Waals surface area contributed by atoms with Gasteiger partial charge < -0.3 is 15.7 Å². The number of hydrogen-bond acceptors (Lipinski definition) is 3. The zero-order chi connectivity index (χ0) is 14.4. The second kappa shape index (κ2) is 7.02. The van der Waals surface area contributed by atoms with Crippen LogP contribution in [0.3, 0.4) is 0 Å². The highest BCUT2D eigenvalue weighted by Crippen LogP contribution is 2.20. The zero-order valence-corrected chi connectivity index (χ0v) is 11.5. The summed E-state index contributed by atoms with van der Waals surface area (Å²) in [7, 11) is 0. The molecule has 0 unspecified atom stereocenters. The molecule has 0 fully saturated rings. The van der Waals surface area contributed by atoms with Gasteiger partial charge in [0.05, 0.1) is 11.8 Å². The summed E-state index contributed by atoms with van der Waals surface area (Å²) in [4.78, 5) is 12.4.